The number of benzene rings is 1. The van der Waals surface area contributed by atoms with Gasteiger partial charge in [-0.1, -0.05) is 12.5 Å². The molecule has 0 spiro atoms. The number of rotatable bonds is 3. The van der Waals surface area contributed by atoms with Gasteiger partial charge in [-0.3, -0.25) is 4.90 Å². The van der Waals surface area contributed by atoms with E-state index in [2.05, 4.69) is 14.9 Å². The van der Waals surface area contributed by atoms with Crippen LogP contribution in [-0.4, -0.2) is 21.4 Å². The van der Waals surface area contributed by atoms with Crippen molar-refractivity contribution in [3.63, 3.8) is 0 Å². The van der Waals surface area contributed by atoms with E-state index in [1.54, 1.807) is 18.6 Å². The van der Waals surface area contributed by atoms with Crippen molar-refractivity contribution >= 4 is 0 Å². The van der Waals surface area contributed by atoms with Gasteiger partial charge in [-0.05, 0) is 43.1 Å². The Morgan fingerprint density at radius 1 is 1.14 bits per heavy atom. The van der Waals surface area contributed by atoms with Crippen LogP contribution in [0.15, 0.2) is 36.8 Å². The molecule has 5 heteroatoms. The van der Waals surface area contributed by atoms with Crippen LogP contribution in [0.25, 0.3) is 0 Å². The summed E-state index contributed by atoms with van der Waals surface area (Å²) >= 11 is 0. The molecule has 0 saturated carbocycles. The lowest BCUT2D eigenvalue weighted by Crippen LogP contribution is -2.33. The molecule has 1 saturated heterocycles. The maximum Gasteiger partial charge on any atom is 0.159 e. The Morgan fingerprint density at radius 2 is 2.05 bits per heavy atom. The number of likely N-dealkylation sites (tertiary alicyclic amines) is 1. The van der Waals surface area contributed by atoms with Crippen molar-refractivity contribution in [1.82, 2.24) is 14.9 Å². The number of nitrogens with zero attached hydrogens (tertiary/aromatic N) is 3. The number of piperidine rings is 1. The molecule has 0 bridgehead atoms. The Labute approximate surface area is 122 Å². The van der Waals surface area contributed by atoms with Crippen LogP contribution in [0.5, 0.6) is 0 Å². The molecule has 1 fully saturated rings. The van der Waals surface area contributed by atoms with Crippen molar-refractivity contribution in [3.8, 4) is 0 Å². The Balaban J connectivity index is 1.79. The quantitative estimate of drug-likeness (QED) is 0.866. The van der Waals surface area contributed by atoms with Gasteiger partial charge >= 0.3 is 0 Å². The maximum atomic E-state index is 13.3. The third kappa shape index (κ3) is 3.24. The first-order chi connectivity index (χ1) is 10.2. The first-order valence-corrected chi connectivity index (χ1v) is 7.18. The lowest BCUT2D eigenvalue weighted by atomic mass is 9.98. The van der Waals surface area contributed by atoms with E-state index in [1.807, 2.05) is 6.07 Å². The number of hydrogen-bond donors (Lipinski definition) is 0. The molecule has 21 heavy (non-hydrogen) atoms. The maximum absolute atomic E-state index is 13.3. The summed E-state index contributed by atoms with van der Waals surface area (Å²) in [6.45, 7) is 1.54. The molecule has 1 aromatic carbocycles. The van der Waals surface area contributed by atoms with Crippen molar-refractivity contribution in [2.45, 2.75) is 31.8 Å². The molecular weight excluding hydrogens is 272 g/mol. The summed E-state index contributed by atoms with van der Waals surface area (Å²) in [5.74, 6) is -1.59. The Kier molecular flexibility index (Phi) is 4.20. The fourth-order valence-corrected chi connectivity index (χ4v) is 2.89. The largest absolute Gasteiger partial charge is 0.291 e. The average molecular weight is 289 g/mol. The van der Waals surface area contributed by atoms with Crippen molar-refractivity contribution in [2.75, 3.05) is 6.54 Å². The van der Waals surface area contributed by atoms with Crippen molar-refractivity contribution in [3.05, 3.63) is 59.7 Å². The van der Waals surface area contributed by atoms with Crippen LogP contribution >= 0.6 is 0 Å². The van der Waals surface area contributed by atoms with Gasteiger partial charge in [0, 0.05) is 12.7 Å². The minimum atomic E-state index is -0.801. The normalized spacial score (nSPS) is 19.6. The summed E-state index contributed by atoms with van der Waals surface area (Å²) in [6.07, 6.45) is 6.60. The highest BCUT2D eigenvalue weighted by Gasteiger charge is 2.25. The Morgan fingerprint density at radius 3 is 2.81 bits per heavy atom. The highest BCUT2D eigenvalue weighted by molar-refractivity contribution is 5.18. The molecule has 1 unspecified atom stereocenters. The molecule has 2 heterocycles. The predicted octanol–water partition coefficient (Wildman–Crippen LogP) is 3.48. The van der Waals surface area contributed by atoms with E-state index in [-0.39, 0.29) is 6.04 Å². The monoisotopic (exact) mass is 289 g/mol. The van der Waals surface area contributed by atoms with E-state index in [9.17, 15) is 8.78 Å². The summed E-state index contributed by atoms with van der Waals surface area (Å²) in [5, 5.41) is 0. The average Bonchev–Trinajstić information content (AvgIpc) is 2.52. The Hall–Kier alpha value is -1.88. The van der Waals surface area contributed by atoms with Crippen molar-refractivity contribution in [2.24, 2.45) is 0 Å². The molecule has 0 N–H and O–H groups in total. The fourth-order valence-electron chi connectivity index (χ4n) is 2.89. The van der Waals surface area contributed by atoms with E-state index in [0.717, 1.165) is 37.1 Å². The van der Waals surface area contributed by atoms with Gasteiger partial charge in [0.15, 0.2) is 11.6 Å². The van der Waals surface area contributed by atoms with Gasteiger partial charge in [0.25, 0.3) is 0 Å². The standard InChI is InChI=1S/C16H17F2N3/c17-13-5-4-12(9-14(13)18)10-21-8-2-1-3-16(21)15-6-7-19-11-20-15/h4-7,9,11,16H,1-3,8,10H2. The number of hydrogen-bond acceptors (Lipinski definition) is 3. The van der Waals surface area contributed by atoms with Crippen molar-refractivity contribution in [1.29, 1.82) is 0 Å². The summed E-state index contributed by atoms with van der Waals surface area (Å²) in [6, 6.07) is 6.25. The molecule has 3 rings (SSSR count). The van der Waals surface area contributed by atoms with Crippen LogP contribution in [0.1, 0.15) is 36.6 Å². The molecule has 1 atom stereocenters. The van der Waals surface area contributed by atoms with Gasteiger partial charge in [-0.25, -0.2) is 18.7 Å². The zero-order chi connectivity index (χ0) is 14.7. The first kappa shape index (κ1) is 14.1. The highest BCUT2D eigenvalue weighted by atomic mass is 19.2. The minimum absolute atomic E-state index is 0.217. The molecular formula is C16H17F2N3. The van der Waals surface area contributed by atoms with E-state index in [1.165, 1.54) is 12.1 Å². The lowest BCUT2D eigenvalue weighted by Gasteiger charge is -2.35. The molecule has 0 radical (unpaired) electrons. The predicted molar refractivity (Wildman–Crippen MR) is 75.4 cm³/mol. The van der Waals surface area contributed by atoms with Crippen LogP contribution in [0.3, 0.4) is 0 Å². The summed E-state index contributed by atoms with van der Waals surface area (Å²) in [5.41, 5.74) is 1.78. The van der Waals surface area contributed by atoms with Crippen LogP contribution in [0.4, 0.5) is 8.78 Å². The zero-order valence-corrected chi connectivity index (χ0v) is 11.7. The molecule has 3 nitrogen and oxygen atoms in total. The summed E-state index contributed by atoms with van der Waals surface area (Å²) < 4.78 is 26.4. The second-order valence-electron chi connectivity index (χ2n) is 5.36. The first-order valence-electron chi connectivity index (χ1n) is 7.18. The highest BCUT2D eigenvalue weighted by Crippen LogP contribution is 2.30. The molecule has 0 amide bonds. The van der Waals surface area contributed by atoms with Crippen LogP contribution in [0, 0.1) is 11.6 Å². The smallest absolute Gasteiger partial charge is 0.159 e. The lowest BCUT2D eigenvalue weighted by molar-refractivity contribution is 0.137. The minimum Gasteiger partial charge on any atom is -0.291 e. The second kappa shape index (κ2) is 6.26. The fraction of sp³-hybridized carbons (Fsp3) is 0.375. The van der Waals surface area contributed by atoms with Gasteiger partial charge in [-0.2, -0.15) is 0 Å². The third-order valence-corrected chi connectivity index (χ3v) is 3.93. The number of halogens is 2. The van der Waals surface area contributed by atoms with E-state index < -0.39 is 11.6 Å². The van der Waals surface area contributed by atoms with Gasteiger partial charge in [-0.15, -0.1) is 0 Å². The molecule has 1 aliphatic heterocycles. The van der Waals surface area contributed by atoms with Gasteiger partial charge in [0.05, 0.1) is 11.7 Å². The second-order valence-corrected chi connectivity index (χ2v) is 5.36. The third-order valence-electron chi connectivity index (χ3n) is 3.93. The topological polar surface area (TPSA) is 29.0 Å². The van der Waals surface area contributed by atoms with Crippen LogP contribution in [0.2, 0.25) is 0 Å². The SMILES string of the molecule is Fc1ccc(CN2CCCCC2c2ccncn2)cc1F. The van der Waals surface area contributed by atoms with Crippen molar-refractivity contribution < 1.29 is 8.78 Å². The molecule has 2 aromatic rings. The van der Waals surface area contributed by atoms with Gasteiger partial charge in [0.1, 0.15) is 6.33 Å². The summed E-state index contributed by atoms with van der Waals surface area (Å²) in [7, 11) is 0. The molecule has 1 aliphatic rings. The summed E-state index contributed by atoms with van der Waals surface area (Å²) in [4.78, 5) is 10.6. The van der Waals surface area contributed by atoms with Gasteiger partial charge in [0.2, 0.25) is 0 Å². The number of aromatic nitrogens is 2. The van der Waals surface area contributed by atoms with E-state index in [0.29, 0.717) is 6.54 Å². The van der Waals surface area contributed by atoms with Gasteiger partial charge < -0.3 is 0 Å². The zero-order valence-electron chi connectivity index (χ0n) is 11.7. The molecule has 0 aliphatic carbocycles. The Bertz CT molecular complexity index is 604. The van der Waals surface area contributed by atoms with E-state index in [4.69, 9.17) is 0 Å². The molecule has 110 valence electrons. The van der Waals surface area contributed by atoms with Crippen LogP contribution in [-0.2, 0) is 6.54 Å². The van der Waals surface area contributed by atoms with E-state index >= 15 is 0 Å². The van der Waals surface area contributed by atoms with Crippen LogP contribution < -0.4 is 0 Å². The molecule has 1 aromatic heterocycles.